The summed E-state index contributed by atoms with van der Waals surface area (Å²) in [6.07, 6.45) is -4.05. The molecule has 1 aromatic rings. The van der Waals surface area contributed by atoms with E-state index in [9.17, 15) is 13.2 Å². The van der Waals surface area contributed by atoms with Gasteiger partial charge in [0.1, 0.15) is 0 Å². The maximum absolute atomic E-state index is 12.6. The third-order valence-corrected chi connectivity index (χ3v) is 1.74. The van der Waals surface area contributed by atoms with Gasteiger partial charge in [-0.05, 0) is 12.1 Å². The van der Waals surface area contributed by atoms with E-state index >= 15 is 0 Å². The molecule has 0 aliphatic rings. The molecule has 0 aliphatic heterocycles. The largest absolute Gasteiger partial charge is 0.275 e. The summed E-state index contributed by atoms with van der Waals surface area (Å²) in [5, 5.41) is 0. The molecule has 0 saturated carbocycles. The molecule has 0 saturated heterocycles. The van der Waals surface area contributed by atoms with Crippen molar-refractivity contribution in [2.24, 2.45) is 0 Å². The lowest BCUT2D eigenvalue weighted by Gasteiger charge is -2.05. The van der Waals surface area contributed by atoms with Gasteiger partial charge in [0, 0.05) is 10.7 Å². The van der Waals surface area contributed by atoms with Gasteiger partial charge < -0.3 is 0 Å². The Kier molecular flexibility index (Phi) is 3.08. The Morgan fingerprint density at radius 1 is 1.33 bits per heavy atom. The SMILES string of the molecule is FC(F)[C@@H](F)c1cc(Br)ccn1. The molecule has 0 fully saturated rings. The molecule has 0 radical (unpaired) electrons. The summed E-state index contributed by atoms with van der Waals surface area (Å²) in [6.45, 7) is 0. The van der Waals surface area contributed by atoms with E-state index in [1.807, 2.05) is 0 Å². The normalized spacial score (nSPS) is 13.4. The minimum absolute atomic E-state index is 0.251. The van der Waals surface area contributed by atoms with Crippen molar-refractivity contribution in [2.75, 3.05) is 0 Å². The Balaban J connectivity index is 2.88. The predicted octanol–water partition coefficient (Wildman–Crippen LogP) is 3.12. The fourth-order valence-electron chi connectivity index (χ4n) is 0.701. The number of rotatable bonds is 2. The molecule has 0 aromatic carbocycles. The van der Waals surface area contributed by atoms with Gasteiger partial charge in [0.15, 0.2) is 0 Å². The van der Waals surface area contributed by atoms with Gasteiger partial charge in [-0.15, -0.1) is 0 Å². The van der Waals surface area contributed by atoms with E-state index in [0.717, 1.165) is 0 Å². The van der Waals surface area contributed by atoms with Crippen LogP contribution in [0.5, 0.6) is 0 Å². The topological polar surface area (TPSA) is 12.9 Å². The maximum Gasteiger partial charge on any atom is 0.275 e. The Bertz CT molecular complexity index is 267. The van der Waals surface area contributed by atoms with Crippen molar-refractivity contribution in [3.63, 3.8) is 0 Å². The second-order valence-electron chi connectivity index (χ2n) is 2.14. The fourth-order valence-corrected chi connectivity index (χ4v) is 1.05. The van der Waals surface area contributed by atoms with Gasteiger partial charge in [-0.25, -0.2) is 13.2 Å². The van der Waals surface area contributed by atoms with E-state index in [-0.39, 0.29) is 5.69 Å². The van der Waals surface area contributed by atoms with Crippen molar-refractivity contribution in [2.45, 2.75) is 12.6 Å². The number of alkyl halides is 3. The Hall–Kier alpha value is -0.580. The Morgan fingerprint density at radius 2 is 2.00 bits per heavy atom. The molecular formula is C7H5BrF3N. The molecule has 12 heavy (non-hydrogen) atoms. The molecule has 1 heterocycles. The highest BCUT2D eigenvalue weighted by Crippen LogP contribution is 2.24. The summed E-state index contributed by atoms with van der Waals surface area (Å²) in [5.41, 5.74) is -0.251. The molecule has 1 nitrogen and oxygen atoms in total. The molecule has 1 atom stereocenters. The van der Waals surface area contributed by atoms with Crippen molar-refractivity contribution in [1.29, 1.82) is 0 Å². The van der Waals surface area contributed by atoms with Gasteiger partial charge in [0.25, 0.3) is 6.43 Å². The summed E-state index contributed by atoms with van der Waals surface area (Å²) >= 11 is 3.03. The minimum atomic E-state index is -3.02. The lowest BCUT2D eigenvalue weighted by molar-refractivity contribution is 0.0472. The predicted molar refractivity (Wildman–Crippen MR) is 41.8 cm³/mol. The first-order chi connectivity index (χ1) is 5.61. The summed E-state index contributed by atoms with van der Waals surface area (Å²) in [6, 6.07) is 2.78. The van der Waals surface area contributed by atoms with Crippen LogP contribution in [-0.4, -0.2) is 11.4 Å². The highest BCUT2D eigenvalue weighted by atomic mass is 79.9. The summed E-state index contributed by atoms with van der Waals surface area (Å²) in [7, 11) is 0. The quantitative estimate of drug-likeness (QED) is 0.773. The number of hydrogen-bond acceptors (Lipinski definition) is 1. The van der Waals surface area contributed by atoms with Gasteiger partial charge in [0.05, 0.1) is 5.69 Å². The summed E-state index contributed by atoms with van der Waals surface area (Å²) < 4.78 is 36.8. The van der Waals surface area contributed by atoms with Crippen LogP contribution in [0.1, 0.15) is 11.9 Å². The van der Waals surface area contributed by atoms with E-state index in [1.54, 1.807) is 6.07 Å². The summed E-state index contributed by atoms with van der Waals surface area (Å²) in [4.78, 5) is 3.48. The Labute approximate surface area is 75.7 Å². The third kappa shape index (κ3) is 2.20. The van der Waals surface area contributed by atoms with E-state index < -0.39 is 12.6 Å². The molecule has 0 aliphatic carbocycles. The number of pyridine rings is 1. The number of halogens is 4. The lowest BCUT2D eigenvalue weighted by atomic mass is 10.2. The third-order valence-electron chi connectivity index (χ3n) is 1.25. The van der Waals surface area contributed by atoms with E-state index in [2.05, 4.69) is 20.9 Å². The molecule has 5 heteroatoms. The van der Waals surface area contributed by atoms with E-state index in [1.165, 1.54) is 12.3 Å². The van der Waals surface area contributed by atoms with Crippen LogP contribution < -0.4 is 0 Å². The zero-order valence-corrected chi connectivity index (χ0v) is 7.43. The van der Waals surface area contributed by atoms with Gasteiger partial charge in [-0.2, -0.15) is 0 Å². The number of hydrogen-bond donors (Lipinski definition) is 0. The van der Waals surface area contributed by atoms with Crippen LogP contribution in [0, 0.1) is 0 Å². The molecule has 0 amide bonds. The van der Waals surface area contributed by atoms with Crippen molar-refractivity contribution < 1.29 is 13.2 Å². The average molecular weight is 240 g/mol. The molecule has 0 bridgehead atoms. The van der Waals surface area contributed by atoms with Crippen LogP contribution in [0.3, 0.4) is 0 Å². The van der Waals surface area contributed by atoms with Crippen LogP contribution >= 0.6 is 15.9 Å². The molecule has 0 spiro atoms. The van der Waals surface area contributed by atoms with Crippen molar-refractivity contribution in [1.82, 2.24) is 4.98 Å². The summed E-state index contributed by atoms with van der Waals surface area (Å²) in [5.74, 6) is 0. The van der Waals surface area contributed by atoms with Crippen LogP contribution in [0.2, 0.25) is 0 Å². The first kappa shape index (κ1) is 9.51. The Morgan fingerprint density at radius 3 is 2.50 bits per heavy atom. The fraction of sp³-hybridized carbons (Fsp3) is 0.286. The van der Waals surface area contributed by atoms with Gasteiger partial charge in [-0.1, -0.05) is 15.9 Å². The second kappa shape index (κ2) is 3.89. The van der Waals surface area contributed by atoms with Crippen molar-refractivity contribution in [3.8, 4) is 0 Å². The van der Waals surface area contributed by atoms with Crippen molar-refractivity contribution >= 4 is 15.9 Å². The van der Waals surface area contributed by atoms with Gasteiger partial charge in [0.2, 0.25) is 6.17 Å². The number of nitrogens with zero attached hydrogens (tertiary/aromatic N) is 1. The zero-order valence-electron chi connectivity index (χ0n) is 5.85. The van der Waals surface area contributed by atoms with E-state index in [0.29, 0.717) is 4.47 Å². The smallest absolute Gasteiger partial charge is 0.258 e. The molecule has 0 unspecified atom stereocenters. The molecule has 0 N–H and O–H groups in total. The standard InChI is InChI=1S/C7H5BrF3N/c8-4-1-2-12-5(3-4)6(9)7(10)11/h1-3,6-7H/t6-/m0/s1. The monoisotopic (exact) mass is 239 g/mol. The molecule has 1 rings (SSSR count). The average Bonchev–Trinajstić information content (AvgIpc) is 2.03. The highest BCUT2D eigenvalue weighted by Gasteiger charge is 2.22. The maximum atomic E-state index is 12.6. The van der Waals surface area contributed by atoms with Crippen LogP contribution in [0.25, 0.3) is 0 Å². The first-order valence-corrected chi connectivity index (χ1v) is 3.94. The molecule has 66 valence electrons. The highest BCUT2D eigenvalue weighted by molar-refractivity contribution is 9.10. The van der Waals surface area contributed by atoms with Crippen LogP contribution in [-0.2, 0) is 0 Å². The van der Waals surface area contributed by atoms with Gasteiger partial charge >= 0.3 is 0 Å². The molecule has 1 aromatic heterocycles. The van der Waals surface area contributed by atoms with Crippen molar-refractivity contribution in [3.05, 3.63) is 28.5 Å². The number of aromatic nitrogens is 1. The first-order valence-electron chi connectivity index (χ1n) is 3.15. The van der Waals surface area contributed by atoms with Crippen LogP contribution in [0.4, 0.5) is 13.2 Å². The van der Waals surface area contributed by atoms with E-state index in [4.69, 9.17) is 0 Å². The lowest BCUT2D eigenvalue weighted by Crippen LogP contribution is -2.04. The molecular weight excluding hydrogens is 235 g/mol. The van der Waals surface area contributed by atoms with Gasteiger partial charge in [-0.3, -0.25) is 4.98 Å². The minimum Gasteiger partial charge on any atom is -0.258 e. The second-order valence-corrected chi connectivity index (χ2v) is 3.05. The van der Waals surface area contributed by atoms with Crippen LogP contribution in [0.15, 0.2) is 22.8 Å². The zero-order chi connectivity index (χ0) is 9.14.